The molecule has 18 heavy (non-hydrogen) atoms. The van der Waals surface area contributed by atoms with Gasteiger partial charge in [0.1, 0.15) is 5.75 Å². The highest BCUT2D eigenvalue weighted by Gasteiger charge is 2.15. The van der Waals surface area contributed by atoms with Crippen molar-refractivity contribution >= 4 is 17.4 Å². The number of ether oxygens (including phenoxy) is 1. The number of nitrogen functional groups attached to an aromatic ring is 1. The van der Waals surface area contributed by atoms with Crippen molar-refractivity contribution < 1.29 is 4.74 Å². The monoisotopic (exact) mass is 265 g/mol. The second kappa shape index (κ2) is 6.37. The summed E-state index contributed by atoms with van der Waals surface area (Å²) >= 11 is 1.93. The molecule has 0 heterocycles. The molecule has 0 unspecified atom stereocenters. The fourth-order valence-electron chi connectivity index (χ4n) is 2.35. The molecule has 100 valence electrons. The summed E-state index contributed by atoms with van der Waals surface area (Å²) < 4.78 is 5.72. The van der Waals surface area contributed by atoms with Gasteiger partial charge in [0, 0.05) is 10.6 Å². The predicted octanol–water partition coefficient (Wildman–Crippen LogP) is 4.34. The van der Waals surface area contributed by atoms with Gasteiger partial charge in [-0.25, -0.2) is 0 Å². The van der Waals surface area contributed by atoms with Crippen LogP contribution in [0, 0.1) is 5.92 Å². The summed E-state index contributed by atoms with van der Waals surface area (Å²) in [6.07, 6.45) is 5.79. The maximum Gasteiger partial charge on any atom is 0.143 e. The number of thioether (sulfide) groups is 1. The van der Waals surface area contributed by atoms with Gasteiger partial charge >= 0.3 is 0 Å². The van der Waals surface area contributed by atoms with E-state index in [0.717, 1.165) is 17.4 Å². The van der Waals surface area contributed by atoms with Gasteiger partial charge in [-0.05, 0) is 50.8 Å². The zero-order chi connectivity index (χ0) is 13.0. The van der Waals surface area contributed by atoms with Crippen molar-refractivity contribution in [2.75, 3.05) is 11.5 Å². The molecule has 1 aromatic rings. The number of nitrogens with two attached hydrogens (primary N) is 1. The summed E-state index contributed by atoms with van der Waals surface area (Å²) in [6.45, 7) is 4.05. The van der Waals surface area contributed by atoms with Crippen molar-refractivity contribution in [1.82, 2.24) is 0 Å². The van der Waals surface area contributed by atoms with Crippen molar-refractivity contribution in [2.24, 2.45) is 5.92 Å². The van der Waals surface area contributed by atoms with E-state index >= 15 is 0 Å². The van der Waals surface area contributed by atoms with E-state index in [1.54, 1.807) is 0 Å². The first-order valence-corrected chi connectivity index (χ1v) is 7.82. The highest BCUT2D eigenvalue weighted by molar-refractivity contribution is 7.99. The molecule has 0 radical (unpaired) electrons. The standard InChI is InChI=1S/C15H23NOS/c1-11(2)17-15-9-13(7-8-14(15)16)18-10-12-5-3-4-6-12/h7-9,11-12H,3-6,10,16H2,1-2H3. The van der Waals surface area contributed by atoms with Crippen LogP contribution in [0.1, 0.15) is 39.5 Å². The van der Waals surface area contributed by atoms with E-state index in [2.05, 4.69) is 12.1 Å². The topological polar surface area (TPSA) is 35.2 Å². The molecule has 0 saturated heterocycles. The Bertz CT molecular complexity index is 386. The molecular formula is C15H23NOS. The summed E-state index contributed by atoms with van der Waals surface area (Å²) in [5, 5.41) is 0. The van der Waals surface area contributed by atoms with Crippen LogP contribution in [0.5, 0.6) is 5.75 Å². The molecule has 2 rings (SSSR count). The molecule has 0 amide bonds. The van der Waals surface area contributed by atoms with Crippen molar-refractivity contribution in [3.05, 3.63) is 18.2 Å². The van der Waals surface area contributed by atoms with Gasteiger partial charge in [0.25, 0.3) is 0 Å². The van der Waals surface area contributed by atoms with E-state index in [0.29, 0.717) is 0 Å². The summed E-state index contributed by atoms with van der Waals surface area (Å²) in [5.41, 5.74) is 6.65. The van der Waals surface area contributed by atoms with Crippen LogP contribution in [-0.4, -0.2) is 11.9 Å². The lowest BCUT2D eigenvalue weighted by molar-refractivity contribution is 0.243. The largest absolute Gasteiger partial charge is 0.489 e. The van der Waals surface area contributed by atoms with Gasteiger partial charge in [0.2, 0.25) is 0 Å². The molecule has 0 bridgehead atoms. The fourth-order valence-corrected chi connectivity index (χ4v) is 3.47. The van der Waals surface area contributed by atoms with Crippen molar-refractivity contribution in [2.45, 2.75) is 50.5 Å². The molecule has 1 fully saturated rings. The van der Waals surface area contributed by atoms with Crippen LogP contribution in [-0.2, 0) is 0 Å². The third-order valence-corrected chi connectivity index (χ3v) is 4.53. The van der Waals surface area contributed by atoms with E-state index in [1.807, 2.05) is 31.7 Å². The van der Waals surface area contributed by atoms with Crippen LogP contribution in [0.4, 0.5) is 5.69 Å². The highest BCUT2D eigenvalue weighted by Crippen LogP contribution is 2.34. The Balaban J connectivity index is 1.95. The summed E-state index contributed by atoms with van der Waals surface area (Å²) in [7, 11) is 0. The van der Waals surface area contributed by atoms with Gasteiger partial charge in [0.05, 0.1) is 11.8 Å². The molecule has 1 saturated carbocycles. The Morgan fingerprint density at radius 2 is 2.06 bits per heavy atom. The molecule has 1 aliphatic carbocycles. The van der Waals surface area contributed by atoms with Gasteiger partial charge in [-0.2, -0.15) is 0 Å². The Hall–Kier alpha value is -0.830. The van der Waals surface area contributed by atoms with Crippen molar-refractivity contribution in [1.29, 1.82) is 0 Å². The third kappa shape index (κ3) is 3.84. The van der Waals surface area contributed by atoms with Crippen molar-refractivity contribution in [3.63, 3.8) is 0 Å². The van der Waals surface area contributed by atoms with Gasteiger partial charge in [-0.1, -0.05) is 12.8 Å². The van der Waals surface area contributed by atoms with Crippen LogP contribution in [0.3, 0.4) is 0 Å². The first-order chi connectivity index (χ1) is 8.65. The van der Waals surface area contributed by atoms with Crippen LogP contribution in [0.15, 0.2) is 23.1 Å². The van der Waals surface area contributed by atoms with E-state index < -0.39 is 0 Å². The lowest BCUT2D eigenvalue weighted by Crippen LogP contribution is -2.07. The smallest absolute Gasteiger partial charge is 0.143 e. The Morgan fingerprint density at radius 3 is 2.72 bits per heavy atom. The average molecular weight is 265 g/mol. The summed E-state index contributed by atoms with van der Waals surface area (Å²) in [6, 6.07) is 6.13. The predicted molar refractivity (Wildman–Crippen MR) is 79.3 cm³/mol. The van der Waals surface area contributed by atoms with E-state index in [4.69, 9.17) is 10.5 Å². The van der Waals surface area contributed by atoms with Crippen LogP contribution in [0.2, 0.25) is 0 Å². The molecule has 0 atom stereocenters. The molecule has 0 spiro atoms. The fraction of sp³-hybridized carbons (Fsp3) is 0.600. The molecule has 2 nitrogen and oxygen atoms in total. The number of hydrogen-bond donors (Lipinski definition) is 1. The first kappa shape index (κ1) is 13.6. The molecule has 0 aliphatic heterocycles. The maximum atomic E-state index is 5.92. The molecule has 1 aromatic carbocycles. The van der Waals surface area contributed by atoms with E-state index in [9.17, 15) is 0 Å². The minimum absolute atomic E-state index is 0.169. The molecule has 3 heteroatoms. The van der Waals surface area contributed by atoms with Crippen molar-refractivity contribution in [3.8, 4) is 5.75 Å². The van der Waals surface area contributed by atoms with Gasteiger partial charge in [-0.3, -0.25) is 0 Å². The second-order valence-electron chi connectivity index (χ2n) is 5.33. The number of anilines is 1. The van der Waals surface area contributed by atoms with Gasteiger partial charge < -0.3 is 10.5 Å². The molecule has 1 aliphatic rings. The Morgan fingerprint density at radius 1 is 1.33 bits per heavy atom. The number of hydrogen-bond acceptors (Lipinski definition) is 3. The quantitative estimate of drug-likeness (QED) is 0.635. The molecule has 2 N–H and O–H groups in total. The Labute approximate surface area is 114 Å². The van der Waals surface area contributed by atoms with Crippen LogP contribution in [0.25, 0.3) is 0 Å². The molecular weight excluding hydrogens is 242 g/mol. The van der Waals surface area contributed by atoms with E-state index in [-0.39, 0.29) is 6.10 Å². The van der Waals surface area contributed by atoms with Crippen LogP contribution < -0.4 is 10.5 Å². The molecule has 0 aromatic heterocycles. The SMILES string of the molecule is CC(C)Oc1cc(SCC2CCCC2)ccc1N. The lowest BCUT2D eigenvalue weighted by Gasteiger charge is -2.14. The van der Waals surface area contributed by atoms with E-state index in [1.165, 1.54) is 36.3 Å². The number of rotatable bonds is 5. The summed E-state index contributed by atoms with van der Waals surface area (Å²) in [4.78, 5) is 1.27. The first-order valence-electron chi connectivity index (χ1n) is 6.84. The highest BCUT2D eigenvalue weighted by atomic mass is 32.2. The normalized spacial score (nSPS) is 16.4. The second-order valence-corrected chi connectivity index (χ2v) is 6.42. The number of benzene rings is 1. The van der Waals surface area contributed by atoms with Gasteiger partial charge in [-0.15, -0.1) is 11.8 Å². The third-order valence-electron chi connectivity index (χ3n) is 3.31. The Kier molecular flexibility index (Phi) is 4.81. The minimum atomic E-state index is 0.169. The minimum Gasteiger partial charge on any atom is -0.489 e. The summed E-state index contributed by atoms with van der Waals surface area (Å²) in [5.74, 6) is 2.95. The average Bonchev–Trinajstić information content (AvgIpc) is 2.82. The zero-order valence-corrected chi connectivity index (χ0v) is 12.1. The maximum absolute atomic E-state index is 5.92. The van der Waals surface area contributed by atoms with Gasteiger partial charge in [0.15, 0.2) is 0 Å². The van der Waals surface area contributed by atoms with Crippen LogP contribution >= 0.6 is 11.8 Å². The zero-order valence-electron chi connectivity index (χ0n) is 11.3. The lowest BCUT2D eigenvalue weighted by atomic mass is 10.1.